The number of thiophene rings is 1. The molecule has 2 aromatic heterocycles. The van der Waals surface area contributed by atoms with Crippen molar-refractivity contribution < 1.29 is 9.72 Å². The number of Topliss-reactive ketones (excluding diaryl/α,β-unsaturated/α-hetero) is 1. The van der Waals surface area contributed by atoms with Gasteiger partial charge in [0.05, 0.1) is 15.5 Å². The van der Waals surface area contributed by atoms with Crippen LogP contribution in [-0.4, -0.2) is 15.7 Å². The minimum absolute atomic E-state index is 0.132. The third-order valence-corrected chi connectivity index (χ3v) is 3.33. The number of rotatable bonds is 2. The molecule has 0 spiro atoms. The third-order valence-electron chi connectivity index (χ3n) is 2.10. The maximum Gasteiger partial charge on any atom is 0.288 e. The van der Waals surface area contributed by atoms with E-state index >= 15 is 0 Å². The molecule has 0 saturated carbocycles. The Balaban J connectivity index is 2.73. The smallest absolute Gasteiger partial charge is 0.288 e. The van der Waals surface area contributed by atoms with Crippen LogP contribution in [0.1, 0.15) is 16.6 Å². The molecule has 2 N–H and O–H groups in total. The van der Waals surface area contributed by atoms with Gasteiger partial charge in [0.2, 0.25) is 0 Å². The second-order valence-electron chi connectivity index (χ2n) is 3.20. The fourth-order valence-electron chi connectivity index (χ4n) is 1.35. The maximum absolute atomic E-state index is 11.2. The molecule has 0 aliphatic carbocycles. The number of hydrogen-bond donors (Lipinski definition) is 1. The summed E-state index contributed by atoms with van der Waals surface area (Å²) in [5.74, 6) is -0.164. The van der Waals surface area contributed by atoms with Gasteiger partial charge in [-0.2, -0.15) is 0 Å². The van der Waals surface area contributed by atoms with E-state index < -0.39 is 4.92 Å². The number of nitrogens with two attached hydrogens (primary N) is 1. The molecule has 0 aliphatic rings. The number of anilines is 1. The molecular weight excluding hydrogens is 230 g/mol. The molecule has 7 heteroatoms. The lowest BCUT2D eigenvalue weighted by Crippen LogP contribution is -1.94. The highest BCUT2D eigenvalue weighted by Crippen LogP contribution is 2.34. The lowest BCUT2D eigenvalue weighted by atomic mass is 10.2. The summed E-state index contributed by atoms with van der Waals surface area (Å²) in [5.41, 5.74) is 5.87. The lowest BCUT2D eigenvalue weighted by molar-refractivity contribution is -0.385. The van der Waals surface area contributed by atoms with Gasteiger partial charge in [0.15, 0.2) is 5.78 Å². The van der Waals surface area contributed by atoms with Crippen LogP contribution in [0.3, 0.4) is 0 Å². The van der Waals surface area contributed by atoms with Gasteiger partial charge >= 0.3 is 0 Å². The van der Waals surface area contributed by atoms with E-state index in [9.17, 15) is 14.9 Å². The van der Waals surface area contributed by atoms with Gasteiger partial charge in [-0.25, -0.2) is 4.98 Å². The first-order valence-corrected chi connectivity index (χ1v) is 5.15. The van der Waals surface area contributed by atoms with Gasteiger partial charge in [0.25, 0.3) is 5.69 Å². The van der Waals surface area contributed by atoms with Crippen LogP contribution in [0, 0.1) is 10.1 Å². The molecule has 0 amide bonds. The van der Waals surface area contributed by atoms with Crippen molar-refractivity contribution in [2.45, 2.75) is 6.92 Å². The summed E-state index contributed by atoms with van der Waals surface area (Å²) >= 11 is 1.14. The number of aromatic nitrogens is 1. The molecule has 0 bridgehead atoms. The number of pyridine rings is 1. The fourth-order valence-corrected chi connectivity index (χ4v) is 2.29. The first-order valence-electron chi connectivity index (χ1n) is 4.34. The van der Waals surface area contributed by atoms with Crippen LogP contribution in [0.15, 0.2) is 12.3 Å². The van der Waals surface area contributed by atoms with Crippen molar-refractivity contribution in [3.63, 3.8) is 0 Å². The Morgan fingerprint density at radius 1 is 1.62 bits per heavy atom. The van der Waals surface area contributed by atoms with E-state index in [4.69, 9.17) is 5.73 Å². The summed E-state index contributed by atoms with van der Waals surface area (Å²) in [6, 6.07) is 1.33. The Labute approximate surface area is 93.9 Å². The second kappa shape index (κ2) is 3.53. The summed E-state index contributed by atoms with van der Waals surface area (Å²) in [6.45, 7) is 1.40. The third kappa shape index (κ3) is 1.50. The summed E-state index contributed by atoms with van der Waals surface area (Å²) < 4.78 is 0. The highest BCUT2D eigenvalue weighted by molar-refractivity contribution is 7.21. The first kappa shape index (κ1) is 10.5. The van der Waals surface area contributed by atoms with Crippen LogP contribution >= 0.6 is 11.3 Å². The second-order valence-corrected chi connectivity index (χ2v) is 4.20. The predicted molar refractivity (Wildman–Crippen MR) is 60.7 cm³/mol. The topological polar surface area (TPSA) is 99.1 Å². The summed E-state index contributed by atoms with van der Waals surface area (Å²) in [5, 5.41) is 11.0. The van der Waals surface area contributed by atoms with Crippen LogP contribution < -0.4 is 5.73 Å². The van der Waals surface area contributed by atoms with Gasteiger partial charge in [-0.15, -0.1) is 11.3 Å². The van der Waals surface area contributed by atoms with Crippen LogP contribution in [0.5, 0.6) is 0 Å². The van der Waals surface area contributed by atoms with E-state index in [1.165, 1.54) is 13.0 Å². The molecule has 0 radical (unpaired) electrons. The molecule has 2 heterocycles. The van der Waals surface area contributed by atoms with Crippen molar-refractivity contribution >= 4 is 38.7 Å². The Kier molecular flexibility index (Phi) is 2.31. The average Bonchev–Trinajstić information content (AvgIpc) is 2.56. The standard InChI is InChI=1S/C9H7N3O3S/c1-4(13)8-7(10)6-2-5(12(14)15)3-11-9(6)16-8/h2-3H,10H2,1H3. The van der Waals surface area contributed by atoms with Gasteiger partial charge in [-0.05, 0) is 0 Å². The molecule has 0 fully saturated rings. The zero-order valence-corrected chi connectivity index (χ0v) is 9.08. The van der Waals surface area contributed by atoms with E-state index in [1.807, 2.05) is 0 Å². The molecule has 82 valence electrons. The van der Waals surface area contributed by atoms with Gasteiger partial charge < -0.3 is 5.73 Å². The zero-order chi connectivity index (χ0) is 11.9. The highest BCUT2D eigenvalue weighted by atomic mass is 32.1. The van der Waals surface area contributed by atoms with Crippen molar-refractivity contribution in [1.82, 2.24) is 4.98 Å². The molecule has 2 aromatic rings. The van der Waals surface area contributed by atoms with Gasteiger partial charge in [0, 0.05) is 18.4 Å². The van der Waals surface area contributed by atoms with E-state index in [0.29, 0.717) is 15.1 Å². The number of nitrogen functional groups attached to an aromatic ring is 1. The normalized spacial score (nSPS) is 10.6. The minimum atomic E-state index is -0.545. The SMILES string of the molecule is CC(=O)c1sc2ncc([N+](=O)[O-])cc2c1N. The molecule has 6 nitrogen and oxygen atoms in total. The molecule has 2 rings (SSSR count). The van der Waals surface area contributed by atoms with Gasteiger partial charge in [0.1, 0.15) is 11.0 Å². The summed E-state index contributed by atoms with van der Waals surface area (Å²) in [6.07, 6.45) is 1.15. The largest absolute Gasteiger partial charge is 0.397 e. The summed E-state index contributed by atoms with van der Waals surface area (Å²) in [7, 11) is 0. The molecule has 0 atom stereocenters. The summed E-state index contributed by atoms with van der Waals surface area (Å²) in [4.78, 5) is 26.1. The lowest BCUT2D eigenvalue weighted by Gasteiger charge is -1.93. The molecular formula is C9H7N3O3S. The van der Waals surface area contributed by atoms with Crippen LogP contribution in [0.2, 0.25) is 0 Å². The van der Waals surface area contributed by atoms with E-state index in [-0.39, 0.29) is 17.2 Å². The van der Waals surface area contributed by atoms with Crippen molar-refractivity contribution in [2.24, 2.45) is 0 Å². The number of ketones is 1. The van der Waals surface area contributed by atoms with Crippen LogP contribution in [0.25, 0.3) is 10.2 Å². The Morgan fingerprint density at radius 3 is 2.88 bits per heavy atom. The van der Waals surface area contributed by atoms with Gasteiger partial charge in [-0.1, -0.05) is 0 Å². The van der Waals surface area contributed by atoms with E-state index in [1.54, 1.807) is 0 Å². The number of nitrogens with zero attached hydrogens (tertiary/aromatic N) is 2. The fraction of sp³-hybridized carbons (Fsp3) is 0.111. The van der Waals surface area contributed by atoms with Crippen LogP contribution in [0.4, 0.5) is 11.4 Å². The molecule has 0 aliphatic heterocycles. The van der Waals surface area contributed by atoms with E-state index in [2.05, 4.69) is 4.98 Å². The Bertz CT molecular complexity index is 605. The zero-order valence-electron chi connectivity index (χ0n) is 8.26. The van der Waals surface area contributed by atoms with E-state index in [0.717, 1.165) is 17.5 Å². The first-order chi connectivity index (χ1) is 7.50. The van der Waals surface area contributed by atoms with Crippen molar-refractivity contribution in [1.29, 1.82) is 0 Å². The monoisotopic (exact) mass is 237 g/mol. The molecule has 0 aromatic carbocycles. The quantitative estimate of drug-likeness (QED) is 0.489. The number of carbonyl (C=O) groups is 1. The maximum atomic E-state index is 11.2. The minimum Gasteiger partial charge on any atom is -0.397 e. The van der Waals surface area contributed by atoms with Crippen molar-refractivity contribution in [2.75, 3.05) is 5.73 Å². The Hall–Kier alpha value is -2.02. The van der Waals surface area contributed by atoms with Crippen LogP contribution in [-0.2, 0) is 0 Å². The highest BCUT2D eigenvalue weighted by Gasteiger charge is 2.16. The van der Waals surface area contributed by atoms with Crippen molar-refractivity contribution in [3.8, 4) is 0 Å². The average molecular weight is 237 g/mol. The molecule has 16 heavy (non-hydrogen) atoms. The number of fused-ring (bicyclic) bond motifs is 1. The molecule has 0 saturated heterocycles. The number of hydrogen-bond acceptors (Lipinski definition) is 6. The Morgan fingerprint density at radius 2 is 2.31 bits per heavy atom. The van der Waals surface area contributed by atoms with Crippen molar-refractivity contribution in [3.05, 3.63) is 27.3 Å². The van der Waals surface area contributed by atoms with Gasteiger partial charge in [-0.3, -0.25) is 14.9 Å². The number of carbonyl (C=O) groups excluding carboxylic acids is 1. The molecule has 0 unspecified atom stereocenters. The number of nitro groups is 1. The predicted octanol–water partition coefficient (Wildman–Crippen LogP) is 1.99.